The largest absolute Gasteiger partial charge is 0.368 e. The Morgan fingerprint density at radius 1 is 1.29 bits per heavy atom. The van der Waals surface area contributed by atoms with Gasteiger partial charge in [0.2, 0.25) is 5.91 Å². The highest BCUT2D eigenvalue weighted by Gasteiger charge is 2.33. The minimum atomic E-state index is -0.582. The van der Waals surface area contributed by atoms with Crippen LogP contribution in [0.1, 0.15) is 35.4 Å². The smallest absolute Gasteiger partial charge is 0.277 e. The minimum absolute atomic E-state index is 0.225. The van der Waals surface area contributed by atoms with E-state index in [0.717, 1.165) is 12.8 Å². The maximum Gasteiger partial charge on any atom is 0.277 e. The molecule has 0 saturated carbocycles. The van der Waals surface area contributed by atoms with Crippen LogP contribution in [0.5, 0.6) is 0 Å². The van der Waals surface area contributed by atoms with Gasteiger partial charge in [-0.1, -0.05) is 17.7 Å². The first-order chi connectivity index (χ1) is 11.5. The van der Waals surface area contributed by atoms with Gasteiger partial charge in [-0.3, -0.25) is 9.59 Å². The van der Waals surface area contributed by atoms with Crippen molar-refractivity contribution in [1.29, 1.82) is 0 Å². The molecule has 1 aromatic heterocycles. The Labute approximate surface area is 144 Å². The van der Waals surface area contributed by atoms with Crippen molar-refractivity contribution in [2.45, 2.75) is 32.2 Å². The van der Waals surface area contributed by atoms with E-state index >= 15 is 0 Å². The molecule has 0 spiro atoms. The molecule has 2 amide bonds. The standard InChI is InChI=1S/C16H18ClN5O2/c1-10-14(16(24)21-8-3-2-7-13(21)15(18)23)20-22(19-10)12-6-4-5-11(17)9-12/h4-6,9,13H,2-3,7-8H2,1H3,(H2,18,23)/t13-/m0/s1. The van der Waals surface area contributed by atoms with Crippen LogP contribution in [-0.2, 0) is 4.79 Å². The normalized spacial score (nSPS) is 17.8. The van der Waals surface area contributed by atoms with Gasteiger partial charge in [-0.05, 0) is 44.4 Å². The van der Waals surface area contributed by atoms with Crippen molar-refractivity contribution in [3.8, 4) is 5.69 Å². The van der Waals surface area contributed by atoms with E-state index in [0.29, 0.717) is 29.4 Å². The molecule has 2 aromatic rings. The fraction of sp³-hybridized carbons (Fsp3) is 0.375. The quantitative estimate of drug-likeness (QED) is 0.914. The molecule has 8 heteroatoms. The molecule has 2 heterocycles. The molecule has 1 aromatic carbocycles. The Kier molecular flexibility index (Phi) is 4.53. The third-order valence-electron chi connectivity index (χ3n) is 4.12. The molecule has 3 rings (SSSR count). The lowest BCUT2D eigenvalue weighted by Crippen LogP contribution is -2.50. The number of nitrogens with zero attached hydrogens (tertiary/aromatic N) is 4. The lowest BCUT2D eigenvalue weighted by molar-refractivity contribution is -0.123. The fourth-order valence-electron chi connectivity index (χ4n) is 2.90. The van der Waals surface area contributed by atoms with Gasteiger partial charge in [-0.2, -0.15) is 9.90 Å². The fourth-order valence-corrected chi connectivity index (χ4v) is 3.08. The summed E-state index contributed by atoms with van der Waals surface area (Å²) in [7, 11) is 0. The van der Waals surface area contributed by atoms with Crippen LogP contribution in [0.25, 0.3) is 5.69 Å². The van der Waals surface area contributed by atoms with Crippen molar-refractivity contribution in [2.75, 3.05) is 6.54 Å². The second-order valence-electron chi connectivity index (χ2n) is 5.82. The molecule has 1 saturated heterocycles. The number of hydrogen-bond donors (Lipinski definition) is 1. The van der Waals surface area contributed by atoms with Gasteiger partial charge in [0.25, 0.3) is 5.91 Å². The molecular formula is C16H18ClN5O2. The molecule has 0 unspecified atom stereocenters. The lowest BCUT2D eigenvalue weighted by atomic mass is 10.0. The molecule has 0 bridgehead atoms. The Morgan fingerprint density at radius 2 is 2.08 bits per heavy atom. The molecule has 0 aliphatic carbocycles. The molecule has 0 radical (unpaired) electrons. The number of likely N-dealkylation sites (tertiary alicyclic amines) is 1. The molecule has 7 nitrogen and oxygen atoms in total. The zero-order valence-electron chi connectivity index (χ0n) is 13.3. The summed E-state index contributed by atoms with van der Waals surface area (Å²) >= 11 is 5.98. The van der Waals surface area contributed by atoms with E-state index in [4.69, 9.17) is 17.3 Å². The van der Waals surface area contributed by atoms with Gasteiger partial charge in [0.15, 0.2) is 5.69 Å². The van der Waals surface area contributed by atoms with Crippen LogP contribution in [0.15, 0.2) is 24.3 Å². The summed E-state index contributed by atoms with van der Waals surface area (Å²) in [6.07, 6.45) is 2.31. The molecule has 1 aliphatic rings. The number of carbonyl (C=O) groups is 2. The number of carbonyl (C=O) groups excluding carboxylic acids is 2. The highest BCUT2D eigenvalue weighted by Crippen LogP contribution is 2.21. The molecule has 126 valence electrons. The number of rotatable bonds is 3. The molecule has 1 fully saturated rings. The van der Waals surface area contributed by atoms with Crippen LogP contribution in [-0.4, -0.2) is 44.3 Å². The van der Waals surface area contributed by atoms with Gasteiger partial charge in [-0.15, -0.1) is 5.10 Å². The Balaban J connectivity index is 1.92. The van der Waals surface area contributed by atoms with E-state index in [1.165, 1.54) is 9.70 Å². The maximum atomic E-state index is 12.8. The Hall–Kier alpha value is -2.41. The summed E-state index contributed by atoms with van der Waals surface area (Å²) in [5, 5.41) is 9.14. The second-order valence-corrected chi connectivity index (χ2v) is 6.25. The number of piperidine rings is 1. The van der Waals surface area contributed by atoms with Gasteiger partial charge in [0, 0.05) is 11.6 Å². The van der Waals surface area contributed by atoms with Crippen molar-refractivity contribution in [3.05, 3.63) is 40.7 Å². The summed E-state index contributed by atoms with van der Waals surface area (Å²) in [5.74, 6) is -0.799. The van der Waals surface area contributed by atoms with Gasteiger partial charge < -0.3 is 10.6 Å². The number of primary amides is 1. The summed E-state index contributed by atoms with van der Waals surface area (Å²) in [6.45, 7) is 2.21. The second kappa shape index (κ2) is 6.60. The van der Waals surface area contributed by atoms with Crippen molar-refractivity contribution >= 4 is 23.4 Å². The summed E-state index contributed by atoms with van der Waals surface area (Å²) in [6, 6.07) is 6.46. The van der Waals surface area contributed by atoms with Crippen LogP contribution in [0, 0.1) is 6.92 Å². The van der Waals surface area contributed by atoms with E-state index in [9.17, 15) is 9.59 Å². The minimum Gasteiger partial charge on any atom is -0.368 e. The SMILES string of the molecule is Cc1nn(-c2cccc(Cl)c2)nc1C(=O)N1CCCC[C@H]1C(N)=O. The van der Waals surface area contributed by atoms with E-state index in [1.807, 2.05) is 0 Å². The molecule has 24 heavy (non-hydrogen) atoms. The average molecular weight is 348 g/mol. The molecule has 1 atom stereocenters. The van der Waals surface area contributed by atoms with Crippen molar-refractivity contribution in [1.82, 2.24) is 19.9 Å². The van der Waals surface area contributed by atoms with Gasteiger partial charge in [-0.25, -0.2) is 0 Å². The zero-order chi connectivity index (χ0) is 17.3. The van der Waals surface area contributed by atoms with E-state index in [-0.39, 0.29) is 11.6 Å². The molecule has 1 aliphatic heterocycles. The number of nitrogens with two attached hydrogens (primary N) is 1. The predicted octanol–water partition coefficient (Wildman–Crippen LogP) is 1.71. The number of benzene rings is 1. The third-order valence-corrected chi connectivity index (χ3v) is 4.35. The highest BCUT2D eigenvalue weighted by molar-refractivity contribution is 6.30. The van der Waals surface area contributed by atoms with E-state index in [2.05, 4.69) is 10.2 Å². The first-order valence-electron chi connectivity index (χ1n) is 7.77. The first kappa shape index (κ1) is 16.4. The van der Waals surface area contributed by atoms with Gasteiger partial charge in [0.05, 0.1) is 11.4 Å². The molecule has 2 N–H and O–H groups in total. The number of amides is 2. The summed E-state index contributed by atoms with van der Waals surface area (Å²) < 4.78 is 0. The third kappa shape index (κ3) is 3.12. The van der Waals surface area contributed by atoms with Crippen LogP contribution in [0.2, 0.25) is 5.02 Å². The average Bonchev–Trinajstić information content (AvgIpc) is 2.96. The number of aryl methyl sites for hydroxylation is 1. The summed E-state index contributed by atoms with van der Waals surface area (Å²) in [4.78, 5) is 27.3. The van der Waals surface area contributed by atoms with Crippen LogP contribution in [0.4, 0.5) is 0 Å². The summed E-state index contributed by atoms with van der Waals surface area (Å²) in [5.41, 5.74) is 6.82. The van der Waals surface area contributed by atoms with Crippen molar-refractivity contribution in [2.24, 2.45) is 5.73 Å². The topological polar surface area (TPSA) is 94.1 Å². The van der Waals surface area contributed by atoms with E-state index < -0.39 is 11.9 Å². The Bertz CT molecular complexity index is 789. The van der Waals surface area contributed by atoms with Crippen LogP contribution < -0.4 is 5.73 Å². The number of aromatic nitrogens is 3. The van der Waals surface area contributed by atoms with Crippen LogP contribution in [0.3, 0.4) is 0 Å². The van der Waals surface area contributed by atoms with Crippen LogP contribution >= 0.6 is 11.6 Å². The number of hydrogen-bond acceptors (Lipinski definition) is 4. The maximum absolute atomic E-state index is 12.8. The molecular weight excluding hydrogens is 330 g/mol. The monoisotopic (exact) mass is 347 g/mol. The Morgan fingerprint density at radius 3 is 2.79 bits per heavy atom. The van der Waals surface area contributed by atoms with Crippen molar-refractivity contribution in [3.63, 3.8) is 0 Å². The lowest BCUT2D eigenvalue weighted by Gasteiger charge is -2.33. The number of halogens is 1. The van der Waals surface area contributed by atoms with Crippen molar-refractivity contribution < 1.29 is 9.59 Å². The van der Waals surface area contributed by atoms with E-state index in [1.54, 1.807) is 31.2 Å². The highest BCUT2D eigenvalue weighted by atomic mass is 35.5. The predicted molar refractivity (Wildman–Crippen MR) is 89.0 cm³/mol. The zero-order valence-corrected chi connectivity index (χ0v) is 14.0. The first-order valence-corrected chi connectivity index (χ1v) is 8.15. The van der Waals surface area contributed by atoms with Gasteiger partial charge >= 0.3 is 0 Å². The van der Waals surface area contributed by atoms with Gasteiger partial charge in [0.1, 0.15) is 6.04 Å².